The third-order valence-corrected chi connectivity index (χ3v) is 3.50. The smallest absolute Gasteiger partial charge is 0.119 e. The second-order valence-electron chi connectivity index (χ2n) is 5.17. The molecule has 4 heteroatoms. The zero-order chi connectivity index (χ0) is 15.2. The number of hydrogen-bond acceptors (Lipinski definition) is 3. The first kappa shape index (κ1) is 15.6. The van der Waals surface area contributed by atoms with Gasteiger partial charge in [0.15, 0.2) is 0 Å². The van der Waals surface area contributed by atoms with Gasteiger partial charge >= 0.3 is 0 Å². The molecule has 0 radical (unpaired) electrons. The summed E-state index contributed by atoms with van der Waals surface area (Å²) in [5, 5.41) is 7.92. The van der Waals surface area contributed by atoms with Crippen LogP contribution in [0.2, 0.25) is 0 Å². The Morgan fingerprint density at radius 1 is 1.24 bits per heavy atom. The lowest BCUT2D eigenvalue weighted by atomic mass is 10.0. The average Bonchev–Trinajstić information content (AvgIpc) is 2.88. The van der Waals surface area contributed by atoms with Crippen LogP contribution >= 0.6 is 0 Å². The summed E-state index contributed by atoms with van der Waals surface area (Å²) < 4.78 is 7.69. The van der Waals surface area contributed by atoms with Gasteiger partial charge in [0.2, 0.25) is 0 Å². The van der Waals surface area contributed by atoms with E-state index in [2.05, 4.69) is 47.1 Å². The molecule has 21 heavy (non-hydrogen) atoms. The highest BCUT2D eigenvalue weighted by Gasteiger charge is 2.17. The van der Waals surface area contributed by atoms with Crippen molar-refractivity contribution in [3.8, 4) is 5.75 Å². The van der Waals surface area contributed by atoms with Gasteiger partial charge in [-0.3, -0.25) is 4.68 Å². The molecule has 2 aromatic rings. The molecule has 0 saturated heterocycles. The Bertz CT molecular complexity index is 560. The van der Waals surface area contributed by atoms with Crippen LogP contribution in [0, 0.1) is 6.92 Å². The molecule has 1 aromatic carbocycles. The standard InChI is InChI=1S/C17H25N3O/c1-5-11-21-15-9-7-14(8-10-15)17(18-4)16-12-13(3)19-20(16)6-2/h7-10,12,17-18H,5-6,11H2,1-4H3. The molecule has 1 atom stereocenters. The number of ether oxygens (including phenoxy) is 1. The molecule has 0 saturated carbocycles. The maximum atomic E-state index is 5.64. The zero-order valence-electron chi connectivity index (χ0n) is 13.4. The number of hydrogen-bond donors (Lipinski definition) is 1. The average molecular weight is 287 g/mol. The Morgan fingerprint density at radius 2 is 1.95 bits per heavy atom. The maximum absolute atomic E-state index is 5.64. The second kappa shape index (κ2) is 7.27. The van der Waals surface area contributed by atoms with Crippen LogP contribution in [0.25, 0.3) is 0 Å². The van der Waals surface area contributed by atoms with Crippen LogP contribution in [-0.4, -0.2) is 23.4 Å². The number of benzene rings is 1. The van der Waals surface area contributed by atoms with Crippen molar-refractivity contribution in [1.82, 2.24) is 15.1 Å². The van der Waals surface area contributed by atoms with Crippen LogP contribution in [-0.2, 0) is 6.54 Å². The number of rotatable bonds is 7. The quantitative estimate of drug-likeness (QED) is 0.849. The molecule has 1 unspecified atom stereocenters. The van der Waals surface area contributed by atoms with Crippen LogP contribution in [0.15, 0.2) is 30.3 Å². The molecule has 0 aliphatic heterocycles. The van der Waals surface area contributed by atoms with Gasteiger partial charge in [0, 0.05) is 6.54 Å². The molecule has 0 spiro atoms. The second-order valence-corrected chi connectivity index (χ2v) is 5.17. The van der Waals surface area contributed by atoms with Crippen molar-refractivity contribution in [2.75, 3.05) is 13.7 Å². The molecule has 114 valence electrons. The summed E-state index contributed by atoms with van der Waals surface area (Å²) in [6, 6.07) is 10.6. The van der Waals surface area contributed by atoms with Crippen LogP contribution in [0.5, 0.6) is 5.75 Å². The van der Waals surface area contributed by atoms with Crippen molar-refractivity contribution in [3.63, 3.8) is 0 Å². The van der Waals surface area contributed by atoms with E-state index in [9.17, 15) is 0 Å². The van der Waals surface area contributed by atoms with Crippen molar-refractivity contribution in [2.24, 2.45) is 0 Å². The van der Waals surface area contributed by atoms with E-state index < -0.39 is 0 Å². The molecule has 2 rings (SSSR count). The molecule has 1 aromatic heterocycles. The fraction of sp³-hybridized carbons (Fsp3) is 0.471. The molecular weight excluding hydrogens is 262 g/mol. The Hall–Kier alpha value is -1.81. The Labute approximate surface area is 127 Å². The highest BCUT2D eigenvalue weighted by molar-refractivity contribution is 5.34. The van der Waals surface area contributed by atoms with Gasteiger partial charge in [-0.25, -0.2) is 0 Å². The largest absolute Gasteiger partial charge is 0.494 e. The van der Waals surface area contributed by atoms with Crippen LogP contribution in [0.1, 0.15) is 43.3 Å². The van der Waals surface area contributed by atoms with Crippen LogP contribution in [0.3, 0.4) is 0 Å². The summed E-state index contributed by atoms with van der Waals surface area (Å²) in [5.74, 6) is 0.927. The fourth-order valence-corrected chi connectivity index (χ4v) is 2.51. The van der Waals surface area contributed by atoms with Gasteiger partial charge in [0.25, 0.3) is 0 Å². The van der Waals surface area contributed by atoms with E-state index in [1.807, 2.05) is 26.1 Å². The molecule has 0 aliphatic carbocycles. The minimum atomic E-state index is 0.145. The highest BCUT2D eigenvalue weighted by atomic mass is 16.5. The third-order valence-electron chi connectivity index (χ3n) is 3.50. The van der Waals surface area contributed by atoms with Gasteiger partial charge < -0.3 is 10.1 Å². The number of aromatic nitrogens is 2. The maximum Gasteiger partial charge on any atom is 0.119 e. The molecule has 1 N–H and O–H groups in total. The van der Waals surface area contributed by atoms with Gasteiger partial charge in [-0.05, 0) is 51.1 Å². The molecule has 1 heterocycles. The number of nitrogens with one attached hydrogen (secondary N) is 1. The first-order valence-electron chi connectivity index (χ1n) is 7.64. The lowest BCUT2D eigenvalue weighted by molar-refractivity contribution is 0.317. The molecule has 0 bridgehead atoms. The Morgan fingerprint density at radius 3 is 2.52 bits per heavy atom. The fourth-order valence-electron chi connectivity index (χ4n) is 2.51. The number of nitrogens with zero attached hydrogens (tertiary/aromatic N) is 2. The van der Waals surface area contributed by atoms with Crippen molar-refractivity contribution >= 4 is 0 Å². The molecule has 0 fully saturated rings. The lowest BCUT2D eigenvalue weighted by Gasteiger charge is -2.18. The van der Waals surface area contributed by atoms with Crippen molar-refractivity contribution in [2.45, 2.75) is 39.8 Å². The molecular formula is C17H25N3O. The summed E-state index contributed by atoms with van der Waals surface area (Å²) >= 11 is 0. The SMILES string of the molecule is CCCOc1ccc(C(NC)c2cc(C)nn2CC)cc1. The van der Waals surface area contributed by atoms with Crippen LogP contribution < -0.4 is 10.1 Å². The monoisotopic (exact) mass is 287 g/mol. The van der Waals surface area contributed by atoms with E-state index in [0.717, 1.165) is 31.0 Å². The summed E-state index contributed by atoms with van der Waals surface area (Å²) in [4.78, 5) is 0. The van der Waals surface area contributed by atoms with Crippen LogP contribution in [0.4, 0.5) is 0 Å². The highest BCUT2D eigenvalue weighted by Crippen LogP contribution is 2.24. The van der Waals surface area contributed by atoms with Gasteiger partial charge in [-0.15, -0.1) is 0 Å². The van der Waals surface area contributed by atoms with Crippen molar-refractivity contribution < 1.29 is 4.74 Å². The predicted molar refractivity (Wildman–Crippen MR) is 85.8 cm³/mol. The Balaban J connectivity index is 2.24. The van der Waals surface area contributed by atoms with Gasteiger partial charge in [0.1, 0.15) is 5.75 Å². The van der Waals surface area contributed by atoms with Gasteiger partial charge in [-0.1, -0.05) is 19.1 Å². The van der Waals surface area contributed by atoms with E-state index in [1.54, 1.807) is 0 Å². The summed E-state index contributed by atoms with van der Waals surface area (Å²) in [5.41, 5.74) is 3.46. The summed E-state index contributed by atoms with van der Waals surface area (Å²) in [6.45, 7) is 7.89. The van der Waals surface area contributed by atoms with Crippen molar-refractivity contribution in [3.05, 3.63) is 47.3 Å². The zero-order valence-corrected chi connectivity index (χ0v) is 13.4. The molecule has 4 nitrogen and oxygen atoms in total. The predicted octanol–water partition coefficient (Wildman–Crippen LogP) is 3.31. The normalized spacial score (nSPS) is 12.4. The molecule has 0 amide bonds. The van der Waals surface area contributed by atoms with E-state index in [1.165, 1.54) is 11.3 Å². The van der Waals surface area contributed by atoms with Gasteiger partial charge in [0.05, 0.1) is 24.0 Å². The third kappa shape index (κ3) is 3.64. The Kier molecular flexibility index (Phi) is 5.39. The topological polar surface area (TPSA) is 39.1 Å². The number of aryl methyl sites for hydroxylation is 2. The van der Waals surface area contributed by atoms with E-state index in [-0.39, 0.29) is 6.04 Å². The summed E-state index contributed by atoms with van der Waals surface area (Å²) in [7, 11) is 1.98. The van der Waals surface area contributed by atoms with E-state index in [4.69, 9.17) is 4.74 Å². The first-order chi connectivity index (χ1) is 10.2. The first-order valence-corrected chi connectivity index (χ1v) is 7.64. The minimum Gasteiger partial charge on any atom is -0.494 e. The van der Waals surface area contributed by atoms with E-state index >= 15 is 0 Å². The molecule has 0 aliphatic rings. The minimum absolute atomic E-state index is 0.145. The lowest BCUT2D eigenvalue weighted by Crippen LogP contribution is -2.21. The van der Waals surface area contributed by atoms with Gasteiger partial charge in [-0.2, -0.15) is 5.10 Å². The van der Waals surface area contributed by atoms with E-state index in [0.29, 0.717) is 0 Å². The van der Waals surface area contributed by atoms with Crippen molar-refractivity contribution in [1.29, 1.82) is 0 Å². The summed E-state index contributed by atoms with van der Waals surface area (Å²) in [6.07, 6.45) is 1.02.